The number of nitrogens with zero attached hydrogens (tertiary/aromatic N) is 1. The molecule has 1 aromatic heterocycles. The Morgan fingerprint density at radius 3 is 3.05 bits per heavy atom. The molecule has 2 aliphatic heterocycles. The Morgan fingerprint density at radius 2 is 2.35 bits per heavy atom. The normalized spacial score (nSPS) is 23.4. The van der Waals surface area contributed by atoms with Crippen LogP contribution in [0.15, 0.2) is 6.07 Å². The third kappa shape index (κ3) is 2.22. The van der Waals surface area contributed by atoms with Crippen molar-refractivity contribution in [2.24, 2.45) is 0 Å². The van der Waals surface area contributed by atoms with E-state index in [9.17, 15) is 14.8 Å². The summed E-state index contributed by atoms with van der Waals surface area (Å²) in [6.45, 7) is 1.96. The second kappa shape index (κ2) is 5.16. The molecular formula is C13H16BNO5. The molecule has 0 amide bonds. The van der Waals surface area contributed by atoms with Crippen LogP contribution in [0, 0.1) is 0 Å². The molecule has 7 heteroatoms. The molecule has 0 aliphatic carbocycles. The molecule has 1 fully saturated rings. The van der Waals surface area contributed by atoms with E-state index >= 15 is 0 Å². The molecule has 106 valence electrons. The molecular weight excluding hydrogens is 261 g/mol. The summed E-state index contributed by atoms with van der Waals surface area (Å²) >= 11 is 0. The lowest BCUT2D eigenvalue weighted by molar-refractivity contribution is 0.0292. The first-order chi connectivity index (χ1) is 9.60. The average Bonchev–Trinajstić information content (AvgIpc) is 2.81. The van der Waals surface area contributed by atoms with Crippen molar-refractivity contribution >= 4 is 18.6 Å². The lowest BCUT2D eigenvalue weighted by Gasteiger charge is -2.25. The molecule has 2 atom stereocenters. The van der Waals surface area contributed by atoms with Crippen LogP contribution in [0.2, 0.25) is 0 Å². The largest absolute Gasteiger partial charge is 0.488 e. The van der Waals surface area contributed by atoms with Crippen LogP contribution in [0.3, 0.4) is 0 Å². The Bertz CT molecular complexity index is 548. The summed E-state index contributed by atoms with van der Waals surface area (Å²) in [6, 6.07) is 1.41. The zero-order valence-electron chi connectivity index (χ0n) is 11.2. The fourth-order valence-electron chi connectivity index (χ4n) is 2.93. The van der Waals surface area contributed by atoms with Crippen molar-refractivity contribution in [1.82, 2.24) is 4.98 Å². The molecule has 2 bridgehead atoms. The van der Waals surface area contributed by atoms with Gasteiger partial charge in [-0.2, -0.15) is 0 Å². The number of hydrogen-bond acceptors (Lipinski definition) is 6. The van der Waals surface area contributed by atoms with Crippen LogP contribution in [-0.4, -0.2) is 40.8 Å². The number of aromatic nitrogens is 1. The summed E-state index contributed by atoms with van der Waals surface area (Å²) in [5, 5.41) is 19.1. The number of pyridine rings is 1. The molecule has 0 aromatic carbocycles. The smallest absolute Gasteiger partial charge is 0.461 e. The number of esters is 1. The quantitative estimate of drug-likeness (QED) is 0.583. The highest BCUT2D eigenvalue weighted by Gasteiger charge is 2.38. The lowest BCUT2D eigenvalue weighted by atomic mass is 9.74. The second-order valence-corrected chi connectivity index (χ2v) is 5.08. The third-order valence-corrected chi connectivity index (χ3v) is 3.80. The SMILES string of the molecule is CCOC(=O)c1cc(B(O)O)c2c(n1)[C@@H]1CCC(C2)O1. The maximum Gasteiger partial charge on any atom is 0.488 e. The predicted octanol–water partition coefficient (Wildman–Crippen LogP) is -0.286. The molecule has 20 heavy (non-hydrogen) atoms. The number of carbonyl (C=O) groups excluding carboxylic acids is 1. The van der Waals surface area contributed by atoms with Gasteiger partial charge in [-0.15, -0.1) is 0 Å². The van der Waals surface area contributed by atoms with Gasteiger partial charge in [0.25, 0.3) is 0 Å². The monoisotopic (exact) mass is 277 g/mol. The van der Waals surface area contributed by atoms with Gasteiger partial charge in [0, 0.05) is 6.42 Å². The topological polar surface area (TPSA) is 88.9 Å². The van der Waals surface area contributed by atoms with Crippen molar-refractivity contribution < 1.29 is 24.3 Å². The molecule has 3 heterocycles. The first kappa shape index (κ1) is 13.5. The van der Waals surface area contributed by atoms with Gasteiger partial charge in [-0.3, -0.25) is 0 Å². The van der Waals surface area contributed by atoms with Crippen LogP contribution in [0.1, 0.15) is 47.6 Å². The van der Waals surface area contributed by atoms with Gasteiger partial charge in [-0.1, -0.05) is 0 Å². The first-order valence-electron chi connectivity index (χ1n) is 6.82. The fraction of sp³-hybridized carbons (Fsp3) is 0.538. The molecule has 1 unspecified atom stereocenters. The van der Waals surface area contributed by atoms with Crippen molar-refractivity contribution in [2.75, 3.05) is 6.61 Å². The molecule has 2 aliphatic rings. The van der Waals surface area contributed by atoms with Crippen molar-refractivity contribution in [3.05, 3.63) is 23.0 Å². The van der Waals surface area contributed by atoms with Crippen molar-refractivity contribution in [3.63, 3.8) is 0 Å². The van der Waals surface area contributed by atoms with E-state index in [1.54, 1.807) is 6.92 Å². The van der Waals surface area contributed by atoms with Crippen molar-refractivity contribution in [3.8, 4) is 0 Å². The van der Waals surface area contributed by atoms with Crippen LogP contribution >= 0.6 is 0 Å². The van der Waals surface area contributed by atoms with E-state index in [4.69, 9.17) is 9.47 Å². The van der Waals surface area contributed by atoms with Crippen molar-refractivity contribution in [1.29, 1.82) is 0 Å². The maximum atomic E-state index is 11.8. The van der Waals surface area contributed by atoms with E-state index in [0.29, 0.717) is 17.6 Å². The van der Waals surface area contributed by atoms with Gasteiger partial charge in [-0.05, 0) is 36.9 Å². The van der Waals surface area contributed by atoms with E-state index in [1.165, 1.54) is 6.07 Å². The summed E-state index contributed by atoms with van der Waals surface area (Å²) in [5.41, 5.74) is 1.88. The van der Waals surface area contributed by atoms with E-state index in [0.717, 1.165) is 18.4 Å². The van der Waals surface area contributed by atoms with Crippen LogP contribution < -0.4 is 5.46 Å². The minimum atomic E-state index is -1.63. The van der Waals surface area contributed by atoms with Crippen LogP contribution in [-0.2, 0) is 15.9 Å². The number of hydrogen-bond donors (Lipinski definition) is 2. The standard InChI is InChI=1S/C13H16BNO5/c1-2-19-13(16)10-6-9(14(17)18)8-5-7-3-4-11(20-7)12(8)15-10/h6-7,11,17-18H,2-5H2,1H3/t7?,11-/m0/s1. The van der Waals surface area contributed by atoms with E-state index < -0.39 is 13.1 Å². The minimum Gasteiger partial charge on any atom is -0.461 e. The molecule has 3 rings (SSSR count). The Hall–Kier alpha value is -1.44. The molecule has 2 N–H and O–H groups in total. The molecule has 6 nitrogen and oxygen atoms in total. The predicted molar refractivity (Wildman–Crippen MR) is 70.6 cm³/mol. The molecule has 1 aromatic rings. The Kier molecular flexibility index (Phi) is 3.49. The van der Waals surface area contributed by atoms with E-state index in [-0.39, 0.29) is 24.5 Å². The van der Waals surface area contributed by atoms with Gasteiger partial charge < -0.3 is 19.5 Å². The highest BCUT2D eigenvalue weighted by molar-refractivity contribution is 6.59. The number of ether oxygens (including phenoxy) is 2. The summed E-state index contributed by atoms with van der Waals surface area (Å²) in [5.74, 6) is -0.558. The van der Waals surface area contributed by atoms with Gasteiger partial charge in [0.15, 0.2) is 0 Å². The van der Waals surface area contributed by atoms with Gasteiger partial charge in [0.2, 0.25) is 0 Å². The number of carbonyl (C=O) groups is 1. The van der Waals surface area contributed by atoms with Crippen LogP contribution in [0.4, 0.5) is 0 Å². The van der Waals surface area contributed by atoms with Gasteiger partial charge >= 0.3 is 13.1 Å². The van der Waals surface area contributed by atoms with Gasteiger partial charge in [-0.25, -0.2) is 9.78 Å². The molecule has 0 saturated carbocycles. The molecule has 1 saturated heterocycles. The van der Waals surface area contributed by atoms with Crippen LogP contribution in [0.25, 0.3) is 0 Å². The van der Waals surface area contributed by atoms with Crippen molar-refractivity contribution in [2.45, 2.75) is 38.4 Å². The van der Waals surface area contributed by atoms with Gasteiger partial charge in [0.05, 0.1) is 18.4 Å². The highest BCUT2D eigenvalue weighted by Crippen LogP contribution is 2.39. The summed E-state index contributed by atoms with van der Waals surface area (Å²) in [6.07, 6.45) is 2.33. The molecule has 0 radical (unpaired) electrons. The zero-order valence-corrected chi connectivity index (χ0v) is 11.2. The Balaban J connectivity index is 2.08. The number of fused-ring (bicyclic) bond motifs is 4. The van der Waals surface area contributed by atoms with Gasteiger partial charge in [0.1, 0.15) is 11.8 Å². The second-order valence-electron chi connectivity index (χ2n) is 5.08. The fourth-order valence-corrected chi connectivity index (χ4v) is 2.93. The first-order valence-corrected chi connectivity index (χ1v) is 6.82. The third-order valence-electron chi connectivity index (χ3n) is 3.80. The minimum absolute atomic E-state index is 0.0997. The Morgan fingerprint density at radius 1 is 1.55 bits per heavy atom. The molecule has 0 spiro atoms. The highest BCUT2D eigenvalue weighted by atomic mass is 16.5. The van der Waals surface area contributed by atoms with E-state index in [1.807, 2.05) is 0 Å². The average molecular weight is 277 g/mol. The van der Waals surface area contributed by atoms with Crippen LogP contribution in [0.5, 0.6) is 0 Å². The lowest BCUT2D eigenvalue weighted by Crippen LogP contribution is -2.38. The summed E-state index contributed by atoms with van der Waals surface area (Å²) < 4.78 is 10.7. The maximum absolute atomic E-state index is 11.8. The number of rotatable bonds is 3. The Labute approximate surface area is 116 Å². The summed E-state index contributed by atoms with van der Waals surface area (Å²) in [7, 11) is -1.63. The summed E-state index contributed by atoms with van der Waals surface area (Å²) in [4.78, 5) is 16.2. The zero-order chi connectivity index (χ0) is 14.3. The van der Waals surface area contributed by atoms with E-state index in [2.05, 4.69) is 4.98 Å².